The molecule has 0 aliphatic carbocycles. The van der Waals surface area contributed by atoms with Crippen LogP contribution >= 0.6 is 0 Å². The number of ether oxygens (including phenoxy) is 1. The van der Waals surface area contributed by atoms with Gasteiger partial charge in [-0.2, -0.15) is 0 Å². The Morgan fingerprint density at radius 2 is 1.81 bits per heavy atom. The molecular weight excluding hydrogens is 324 g/mol. The molecule has 4 nitrogen and oxygen atoms in total. The van der Waals surface area contributed by atoms with Crippen molar-refractivity contribution < 1.29 is 9.84 Å². The quantitative estimate of drug-likeness (QED) is 0.829. The van der Waals surface area contributed by atoms with Crippen LogP contribution in [0.5, 0.6) is 5.75 Å². The van der Waals surface area contributed by atoms with Crippen LogP contribution < -0.4 is 4.74 Å². The van der Waals surface area contributed by atoms with Crippen LogP contribution in [0.2, 0.25) is 0 Å². The van der Waals surface area contributed by atoms with Gasteiger partial charge in [0.05, 0.1) is 7.11 Å². The third kappa shape index (κ3) is 4.85. The first-order valence-corrected chi connectivity index (χ1v) is 9.44. The van der Waals surface area contributed by atoms with Gasteiger partial charge in [-0.3, -0.25) is 9.80 Å². The van der Waals surface area contributed by atoms with Crippen molar-refractivity contribution in [1.82, 2.24) is 9.80 Å². The van der Waals surface area contributed by atoms with Crippen molar-refractivity contribution in [2.24, 2.45) is 0 Å². The zero-order valence-corrected chi connectivity index (χ0v) is 15.9. The second-order valence-corrected chi connectivity index (χ2v) is 7.17. The monoisotopic (exact) mass is 354 g/mol. The Balaban J connectivity index is 1.64. The molecule has 1 atom stereocenters. The van der Waals surface area contributed by atoms with Gasteiger partial charge >= 0.3 is 0 Å². The Labute approximate surface area is 157 Å². The Kier molecular flexibility index (Phi) is 6.67. The van der Waals surface area contributed by atoms with Crippen molar-refractivity contribution in [2.75, 3.05) is 33.4 Å². The molecule has 3 rings (SSSR count). The van der Waals surface area contributed by atoms with E-state index in [1.54, 1.807) is 7.11 Å². The van der Waals surface area contributed by atoms with Gasteiger partial charge in [0.2, 0.25) is 0 Å². The smallest absolute Gasteiger partial charge is 0.123 e. The molecule has 1 aliphatic rings. The Morgan fingerprint density at radius 3 is 2.54 bits per heavy atom. The van der Waals surface area contributed by atoms with Gasteiger partial charge in [-0.25, -0.2) is 0 Å². The summed E-state index contributed by atoms with van der Waals surface area (Å²) < 4.78 is 5.49. The van der Waals surface area contributed by atoms with Crippen molar-refractivity contribution in [3.05, 3.63) is 65.2 Å². The number of aliphatic hydroxyl groups is 1. The second kappa shape index (κ2) is 9.17. The molecule has 140 valence electrons. The lowest BCUT2D eigenvalue weighted by Crippen LogP contribution is -2.52. The molecule has 1 N–H and O–H groups in total. The van der Waals surface area contributed by atoms with Crippen molar-refractivity contribution in [1.29, 1.82) is 0 Å². The van der Waals surface area contributed by atoms with Crippen LogP contribution in [0.4, 0.5) is 0 Å². The summed E-state index contributed by atoms with van der Waals surface area (Å²) in [7, 11) is 1.73. The lowest BCUT2D eigenvalue weighted by Gasteiger charge is -2.41. The maximum absolute atomic E-state index is 9.53. The van der Waals surface area contributed by atoms with Crippen molar-refractivity contribution >= 4 is 0 Å². The predicted molar refractivity (Wildman–Crippen MR) is 105 cm³/mol. The highest BCUT2D eigenvalue weighted by molar-refractivity contribution is 5.33. The summed E-state index contributed by atoms with van der Waals surface area (Å²) in [6.07, 6.45) is 0.814. The first-order chi connectivity index (χ1) is 12.7. The van der Waals surface area contributed by atoms with E-state index in [0.29, 0.717) is 6.04 Å². The third-order valence-electron chi connectivity index (χ3n) is 5.24. The van der Waals surface area contributed by atoms with Crippen LogP contribution in [0, 0.1) is 6.92 Å². The largest absolute Gasteiger partial charge is 0.496 e. The van der Waals surface area contributed by atoms with E-state index in [9.17, 15) is 5.11 Å². The van der Waals surface area contributed by atoms with E-state index in [2.05, 4.69) is 53.1 Å². The highest BCUT2D eigenvalue weighted by Gasteiger charge is 2.27. The molecule has 1 heterocycles. The lowest BCUT2D eigenvalue weighted by molar-refractivity contribution is 0.0496. The zero-order chi connectivity index (χ0) is 18.4. The van der Waals surface area contributed by atoms with Crippen molar-refractivity contribution in [3.63, 3.8) is 0 Å². The fraction of sp³-hybridized carbons (Fsp3) is 0.455. The first kappa shape index (κ1) is 18.9. The number of nitrogens with zero attached hydrogens (tertiary/aromatic N) is 2. The van der Waals surface area contributed by atoms with Gasteiger partial charge in [0.1, 0.15) is 5.75 Å². The molecule has 0 radical (unpaired) electrons. The van der Waals surface area contributed by atoms with E-state index >= 15 is 0 Å². The van der Waals surface area contributed by atoms with Crippen LogP contribution in [0.25, 0.3) is 0 Å². The Hall–Kier alpha value is -1.88. The molecule has 0 spiro atoms. The fourth-order valence-electron chi connectivity index (χ4n) is 3.73. The third-order valence-corrected chi connectivity index (χ3v) is 5.24. The number of hydrogen-bond donors (Lipinski definition) is 1. The molecule has 0 aromatic heterocycles. The van der Waals surface area contributed by atoms with Gasteiger partial charge in [-0.1, -0.05) is 48.0 Å². The van der Waals surface area contributed by atoms with Crippen LogP contribution in [0.1, 0.15) is 23.1 Å². The van der Waals surface area contributed by atoms with Gasteiger partial charge in [0.25, 0.3) is 0 Å². The molecule has 1 saturated heterocycles. The molecule has 1 aliphatic heterocycles. The molecule has 0 bridgehead atoms. The normalized spacial score (nSPS) is 18.8. The van der Waals surface area contributed by atoms with Gasteiger partial charge in [0, 0.05) is 50.9 Å². The minimum atomic E-state index is 0.234. The second-order valence-electron chi connectivity index (χ2n) is 7.17. The zero-order valence-electron chi connectivity index (χ0n) is 15.9. The molecule has 1 fully saturated rings. The fourth-order valence-corrected chi connectivity index (χ4v) is 3.73. The average molecular weight is 354 g/mol. The number of benzene rings is 2. The van der Waals surface area contributed by atoms with E-state index < -0.39 is 0 Å². The molecule has 2 aromatic carbocycles. The summed E-state index contributed by atoms with van der Waals surface area (Å²) in [6.45, 7) is 7.23. The van der Waals surface area contributed by atoms with E-state index in [0.717, 1.165) is 44.9 Å². The Morgan fingerprint density at radius 1 is 1.04 bits per heavy atom. The molecule has 0 amide bonds. The highest BCUT2D eigenvalue weighted by Crippen LogP contribution is 2.23. The molecule has 0 saturated carbocycles. The lowest BCUT2D eigenvalue weighted by atomic mass is 10.1. The summed E-state index contributed by atoms with van der Waals surface area (Å²) in [5.41, 5.74) is 3.86. The standard InChI is InChI=1S/C22H30N2O2/c1-18-7-9-19(10-8-18)15-24-13-12-23(17-21(24)11-14-25)16-20-5-3-4-6-22(20)26-2/h3-10,21,25H,11-17H2,1-2H3. The van der Waals surface area contributed by atoms with Gasteiger partial charge in [-0.15, -0.1) is 0 Å². The molecule has 1 unspecified atom stereocenters. The highest BCUT2D eigenvalue weighted by atomic mass is 16.5. The summed E-state index contributed by atoms with van der Waals surface area (Å²) in [6, 6.07) is 17.4. The number of piperazine rings is 1. The van der Waals surface area contributed by atoms with E-state index in [-0.39, 0.29) is 6.61 Å². The minimum absolute atomic E-state index is 0.234. The summed E-state index contributed by atoms with van der Waals surface area (Å²) in [4.78, 5) is 4.99. The number of aliphatic hydroxyl groups excluding tert-OH is 1. The maximum atomic E-state index is 9.53. The average Bonchev–Trinajstić information content (AvgIpc) is 2.66. The van der Waals surface area contributed by atoms with Crippen LogP contribution in [-0.2, 0) is 13.1 Å². The number of methoxy groups -OCH3 is 1. The van der Waals surface area contributed by atoms with Crippen LogP contribution in [0.3, 0.4) is 0 Å². The first-order valence-electron chi connectivity index (χ1n) is 9.44. The van der Waals surface area contributed by atoms with Gasteiger partial charge < -0.3 is 9.84 Å². The van der Waals surface area contributed by atoms with Gasteiger partial charge in [0.15, 0.2) is 0 Å². The Bertz CT molecular complexity index is 687. The van der Waals surface area contributed by atoms with E-state index in [4.69, 9.17) is 4.74 Å². The minimum Gasteiger partial charge on any atom is -0.496 e. The van der Waals surface area contributed by atoms with Crippen LogP contribution in [-0.4, -0.2) is 54.3 Å². The SMILES string of the molecule is COc1ccccc1CN1CCN(Cc2ccc(C)cc2)C(CCO)C1. The summed E-state index contributed by atoms with van der Waals surface area (Å²) >= 11 is 0. The summed E-state index contributed by atoms with van der Waals surface area (Å²) in [5.74, 6) is 0.952. The molecule has 26 heavy (non-hydrogen) atoms. The number of para-hydroxylation sites is 1. The predicted octanol–water partition coefficient (Wildman–Crippen LogP) is 3.07. The topological polar surface area (TPSA) is 35.9 Å². The number of hydrogen-bond acceptors (Lipinski definition) is 4. The van der Waals surface area contributed by atoms with Crippen molar-refractivity contribution in [3.8, 4) is 5.75 Å². The van der Waals surface area contributed by atoms with Gasteiger partial charge in [-0.05, 0) is 25.0 Å². The molecule has 4 heteroatoms. The van der Waals surface area contributed by atoms with Crippen molar-refractivity contribution in [2.45, 2.75) is 32.5 Å². The van der Waals surface area contributed by atoms with E-state index in [1.165, 1.54) is 16.7 Å². The molecule has 2 aromatic rings. The number of aryl methyl sites for hydroxylation is 1. The number of rotatable bonds is 7. The summed E-state index contributed by atoms with van der Waals surface area (Å²) in [5, 5.41) is 9.53. The van der Waals surface area contributed by atoms with Crippen LogP contribution in [0.15, 0.2) is 48.5 Å². The molecular formula is C22H30N2O2. The van der Waals surface area contributed by atoms with E-state index in [1.807, 2.05) is 12.1 Å². The maximum Gasteiger partial charge on any atom is 0.123 e.